The average molecular weight is 669 g/mol. The van der Waals surface area contributed by atoms with Gasteiger partial charge in [0.2, 0.25) is 0 Å². The summed E-state index contributed by atoms with van der Waals surface area (Å²) in [6.07, 6.45) is 0. The van der Waals surface area contributed by atoms with Crippen molar-refractivity contribution in [1.82, 2.24) is 4.57 Å². The van der Waals surface area contributed by atoms with Crippen molar-refractivity contribution >= 4 is 70.4 Å². The maximum absolute atomic E-state index is 2.50. The van der Waals surface area contributed by atoms with Crippen molar-refractivity contribution in [3.05, 3.63) is 194 Å². The molecule has 0 amide bonds. The van der Waals surface area contributed by atoms with E-state index in [1.54, 1.807) is 0 Å². The highest BCUT2D eigenvalue weighted by atomic mass is 32.1. The van der Waals surface area contributed by atoms with Crippen LogP contribution < -0.4 is 4.90 Å². The predicted octanol–water partition coefficient (Wildman–Crippen LogP) is 14.0. The molecule has 0 saturated heterocycles. The lowest BCUT2D eigenvalue weighted by molar-refractivity contribution is 1.18. The third-order valence-electron chi connectivity index (χ3n) is 10.0. The fraction of sp³-hybridized carbons (Fsp3) is 0. The fourth-order valence-electron chi connectivity index (χ4n) is 7.84. The van der Waals surface area contributed by atoms with Gasteiger partial charge >= 0.3 is 0 Å². The van der Waals surface area contributed by atoms with Crippen LogP contribution in [-0.4, -0.2) is 4.57 Å². The normalized spacial score (nSPS) is 11.5. The van der Waals surface area contributed by atoms with Gasteiger partial charge in [0.05, 0.1) is 33.8 Å². The summed E-state index contributed by atoms with van der Waals surface area (Å²) < 4.78 is 5.01. The van der Waals surface area contributed by atoms with E-state index in [2.05, 4.69) is 204 Å². The zero-order valence-electron chi connectivity index (χ0n) is 27.8. The molecule has 0 atom stereocenters. The van der Waals surface area contributed by atoms with E-state index < -0.39 is 0 Å². The van der Waals surface area contributed by atoms with Gasteiger partial charge in [-0.25, -0.2) is 0 Å². The first-order valence-corrected chi connectivity index (χ1v) is 18.2. The van der Waals surface area contributed by atoms with Gasteiger partial charge in [-0.1, -0.05) is 146 Å². The van der Waals surface area contributed by atoms with E-state index in [0.29, 0.717) is 0 Å². The largest absolute Gasteiger partial charge is 0.309 e. The van der Waals surface area contributed by atoms with E-state index in [1.807, 2.05) is 11.3 Å². The molecule has 10 rings (SSSR count). The third kappa shape index (κ3) is 4.78. The topological polar surface area (TPSA) is 8.17 Å². The Morgan fingerprint density at radius 3 is 1.61 bits per heavy atom. The lowest BCUT2D eigenvalue weighted by atomic mass is 9.97. The monoisotopic (exact) mass is 668 g/mol. The van der Waals surface area contributed by atoms with Crippen molar-refractivity contribution in [1.29, 1.82) is 0 Å². The van der Waals surface area contributed by atoms with Gasteiger partial charge in [-0.2, -0.15) is 0 Å². The van der Waals surface area contributed by atoms with Gasteiger partial charge in [0.25, 0.3) is 0 Å². The third-order valence-corrected chi connectivity index (χ3v) is 11.1. The van der Waals surface area contributed by atoms with Gasteiger partial charge in [-0.3, -0.25) is 0 Å². The van der Waals surface area contributed by atoms with Crippen molar-refractivity contribution in [3.63, 3.8) is 0 Å². The minimum Gasteiger partial charge on any atom is -0.309 e. The van der Waals surface area contributed by atoms with Gasteiger partial charge in [-0.15, -0.1) is 11.3 Å². The molecular formula is C48H32N2S. The number of thiophene rings is 1. The minimum atomic E-state index is 1.12. The maximum Gasteiger partial charge on any atom is 0.0555 e. The molecule has 51 heavy (non-hydrogen) atoms. The number of rotatable bonds is 6. The number of fused-ring (bicyclic) bond motifs is 6. The highest BCUT2D eigenvalue weighted by molar-refractivity contribution is 7.26. The van der Waals surface area contributed by atoms with Crippen LogP contribution in [0.2, 0.25) is 0 Å². The van der Waals surface area contributed by atoms with Gasteiger partial charge in [0.15, 0.2) is 0 Å². The summed E-state index contributed by atoms with van der Waals surface area (Å²) in [5.41, 5.74) is 11.7. The summed E-state index contributed by atoms with van der Waals surface area (Å²) >= 11 is 1.86. The molecule has 0 aliphatic rings. The molecular weight excluding hydrogens is 637 g/mol. The second-order valence-electron chi connectivity index (χ2n) is 12.9. The molecule has 0 bridgehead atoms. The number of nitrogens with zero attached hydrogens (tertiary/aromatic N) is 2. The second-order valence-corrected chi connectivity index (χ2v) is 14.0. The summed E-state index contributed by atoms with van der Waals surface area (Å²) in [5, 5.41) is 5.06. The van der Waals surface area contributed by atoms with Crippen molar-refractivity contribution in [3.8, 4) is 27.9 Å². The molecule has 0 radical (unpaired) electrons. The number of hydrogen-bond acceptors (Lipinski definition) is 2. The van der Waals surface area contributed by atoms with E-state index in [1.165, 1.54) is 58.7 Å². The maximum atomic E-state index is 2.50. The highest BCUT2D eigenvalue weighted by Gasteiger charge is 2.25. The Bertz CT molecular complexity index is 2830. The molecule has 0 aliphatic heterocycles. The summed E-state index contributed by atoms with van der Waals surface area (Å²) in [5.74, 6) is 0. The van der Waals surface area contributed by atoms with Crippen LogP contribution in [0.15, 0.2) is 194 Å². The number of para-hydroxylation sites is 5. The molecule has 240 valence electrons. The predicted molar refractivity (Wildman–Crippen MR) is 219 cm³/mol. The smallest absolute Gasteiger partial charge is 0.0555 e. The van der Waals surface area contributed by atoms with Gasteiger partial charge < -0.3 is 9.47 Å². The Labute approximate surface area is 300 Å². The summed E-state index contributed by atoms with van der Waals surface area (Å²) in [6, 6.07) is 70.4. The van der Waals surface area contributed by atoms with Crippen molar-refractivity contribution in [2.24, 2.45) is 0 Å². The number of aromatic nitrogens is 1. The zero-order chi connectivity index (χ0) is 33.7. The zero-order valence-corrected chi connectivity index (χ0v) is 28.6. The molecule has 2 heterocycles. The lowest BCUT2D eigenvalue weighted by Gasteiger charge is -2.31. The standard InChI is InChI=1S/C48H32N2S/c1-2-17-33(18-3-1)34-19-4-10-25-40(34)50(45-30-16-32-47-48(45)39-24-9-15-31-46(39)51-47)44-29-14-8-23-38(44)37-22-7-13-28-43(37)49-41-26-11-5-20-35(41)36-21-6-12-27-42(36)49/h1-32H. The Kier molecular flexibility index (Phi) is 7.04. The summed E-state index contributed by atoms with van der Waals surface area (Å²) in [7, 11) is 0. The minimum absolute atomic E-state index is 1.12. The summed E-state index contributed by atoms with van der Waals surface area (Å²) in [4.78, 5) is 2.50. The van der Waals surface area contributed by atoms with Crippen LogP contribution >= 0.6 is 11.3 Å². The van der Waals surface area contributed by atoms with Crippen molar-refractivity contribution in [2.75, 3.05) is 4.90 Å². The average Bonchev–Trinajstić information content (AvgIpc) is 3.75. The van der Waals surface area contributed by atoms with E-state index in [4.69, 9.17) is 0 Å². The molecule has 2 aromatic heterocycles. The Morgan fingerprint density at radius 1 is 0.353 bits per heavy atom. The Hall–Kier alpha value is -6.42. The van der Waals surface area contributed by atoms with E-state index in [-0.39, 0.29) is 0 Å². The Morgan fingerprint density at radius 2 is 0.863 bits per heavy atom. The van der Waals surface area contributed by atoms with Crippen LogP contribution in [0, 0.1) is 0 Å². The van der Waals surface area contributed by atoms with Crippen LogP contribution in [0.4, 0.5) is 17.1 Å². The van der Waals surface area contributed by atoms with Gasteiger partial charge in [-0.05, 0) is 54.1 Å². The molecule has 2 nitrogen and oxygen atoms in total. The second kappa shape index (κ2) is 12.2. The quantitative estimate of drug-likeness (QED) is 0.171. The summed E-state index contributed by atoms with van der Waals surface area (Å²) in [6.45, 7) is 0. The van der Waals surface area contributed by atoms with Crippen molar-refractivity contribution in [2.45, 2.75) is 0 Å². The molecule has 0 fully saturated rings. The van der Waals surface area contributed by atoms with Crippen molar-refractivity contribution < 1.29 is 0 Å². The van der Waals surface area contributed by atoms with Gasteiger partial charge in [0.1, 0.15) is 0 Å². The molecule has 3 heteroatoms. The molecule has 0 unspecified atom stereocenters. The fourth-order valence-corrected chi connectivity index (χ4v) is 8.96. The number of hydrogen-bond donors (Lipinski definition) is 0. The Balaban J connectivity index is 1.29. The SMILES string of the molecule is c1ccc(-c2ccccc2N(c2ccccc2-c2ccccc2-n2c3ccccc3c3ccccc32)c2cccc3sc4ccccc4c23)cc1. The van der Waals surface area contributed by atoms with Crippen LogP contribution in [-0.2, 0) is 0 Å². The van der Waals surface area contributed by atoms with Crippen LogP contribution in [0.3, 0.4) is 0 Å². The molecule has 0 N–H and O–H groups in total. The molecule has 0 saturated carbocycles. The number of anilines is 3. The molecule has 0 aliphatic carbocycles. The highest BCUT2D eigenvalue weighted by Crippen LogP contribution is 2.50. The van der Waals surface area contributed by atoms with Gasteiger partial charge in [0, 0.05) is 47.6 Å². The first-order chi connectivity index (χ1) is 25.3. The first-order valence-electron chi connectivity index (χ1n) is 17.4. The molecule has 10 aromatic rings. The molecule has 0 spiro atoms. The molecule has 8 aromatic carbocycles. The van der Waals surface area contributed by atoms with Crippen LogP contribution in [0.5, 0.6) is 0 Å². The van der Waals surface area contributed by atoms with Crippen LogP contribution in [0.25, 0.3) is 69.9 Å². The lowest BCUT2D eigenvalue weighted by Crippen LogP contribution is -2.13. The van der Waals surface area contributed by atoms with E-state index in [9.17, 15) is 0 Å². The number of benzene rings is 8. The van der Waals surface area contributed by atoms with E-state index >= 15 is 0 Å². The van der Waals surface area contributed by atoms with E-state index in [0.717, 1.165) is 28.3 Å². The first kappa shape index (κ1) is 29.5. The van der Waals surface area contributed by atoms with Crippen LogP contribution in [0.1, 0.15) is 0 Å².